The van der Waals surface area contributed by atoms with E-state index in [1.807, 2.05) is 40.0 Å². The predicted molar refractivity (Wildman–Crippen MR) is 187 cm³/mol. The zero-order valence-electron chi connectivity index (χ0n) is 27.3. The Kier molecular flexibility index (Phi) is 9.06. The molecule has 2 aliphatic rings. The molecule has 5 aromatic rings. The van der Waals surface area contributed by atoms with Crippen molar-refractivity contribution < 1.29 is 9.90 Å². The first-order valence-corrected chi connectivity index (χ1v) is 16.8. The van der Waals surface area contributed by atoms with E-state index in [0.717, 1.165) is 116 Å². The number of hydrogen-bond donors (Lipinski definition) is 3. The lowest BCUT2D eigenvalue weighted by atomic mass is 9.99. The first kappa shape index (κ1) is 31.1. The van der Waals surface area contributed by atoms with Crippen molar-refractivity contribution in [2.24, 2.45) is 0 Å². The maximum atomic E-state index is 12.6. The molecule has 0 unspecified atom stereocenters. The van der Waals surface area contributed by atoms with Gasteiger partial charge in [-0.1, -0.05) is 36.4 Å². The summed E-state index contributed by atoms with van der Waals surface area (Å²) >= 11 is 0. The molecule has 2 amide bonds. The number of anilines is 1. The summed E-state index contributed by atoms with van der Waals surface area (Å²) in [5, 5.41) is 18.3. The standard InChI is InChI=1S/C37H44N8O2/c1-26(2)45-25-33(35(41-45)29-9-11-30(12-10-29)39-37(47)44-15-3-4-16-44)31-13-14-38-36-32(31)23-34(40-36)28-7-5-27(6-8-28)24-43-19-17-42(18-20-43)21-22-46/h5-14,23,25-26,46H,3-4,15-22,24H2,1-2H3,(H,38,40)(H,39,47). The van der Waals surface area contributed by atoms with Gasteiger partial charge in [0, 0.05) is 98.7 Å². The van der Waals surface area contributed by atoms with Gasteiger partial charge in [-0.2, -0.15) is 5.10 Å². The van der Waals surface area contributed by atoms with Crippen molar-refractivity contribution in [2.45, 2.75) is 39.3 Å². The number of pyridine rings is 1. The molecule has 2 fully saturated rings. The molecule has 0 aliphatic carbocycles. The van der Waals surface area contributed by atoms with E-state index in [-0.39, 0.29) is 18.7 Å². The first-order valence-electron chi connectivity index (χ1n) is 16.8. The van der Waals surface area contributed by atoms with E-state index in [9.17, 15) is 9.90 Å². The summed E-state index contributed by atoms with van der Waals surface area (Å²) in [5.41, 5.74) is 9.07. The number of benzene rings is 2. The van der Waals surface area contributed by atoms with Crippen molar-refractivity contribution in [3.8, 4) is 33.6 Å². The number of carbonyl (C=O) groups is 1. The number of aromatic nitrogens is 4. The van der Waals surface area contributed by atoms with Crippen LogP contribution in [0.2, 0.25) is 0 Å². The predicted octanol–water partition coefficient (Wildman–Crippen LogP) is 6.08. The van der Waals surface area contributed by atoms with Gasteiger partial charge < -0.3 is 20.3 Å². The summed E-state index contributed by atoms with van der Waals surface area (Å²) in [6.07, 6.45) is 6.12. The van der Waals surface area contributed by atoms with E-state index in [4.69, 9.17) is 10.1 Å². The van der Waals surface area contributed by atoms with Gasteiger partial charge in [0.2, 0.25) is 0 Å². The van der Waals surface area contributed by atoms with E-state index in [1.54, 1.807) is 0 Å². The molecule has 0 saturated carbocycles. The lowest BCUT2D eigenvalue weighted by molar-refractivity contribution is 0.108. The minimum Gasteiger partial charge on any atom is -0.395 e. The first-order chi connectivity index (χ1) is 22.9. The summed E-state index contributed by atoms with van der Waals surface area (Å²) in [5.74, 6) is 0. The van der Waals surface area contributed by atoms with Crippen LogP contribution in [0.5, 0.6) is 0 Å². The molecule has 3 N–H and O–H groups in total. The number of aliphatic hydroxyl groups is 1. The Hall–Kier alpha value is -4.51. The highest BCUT2D eigenvalue weighted by molar-refractivity contribution is 5.99. The van der Waals surface area contributed by atoms with Gasteiger partial charge in [-0.3, -0.25) is 14.5 Å². The van der Waals surface area contributed by atoms with Gasteiger partial charge in [0.1, 0.15) is 11.3 Å². The SMILES string of the molecule is CC(C)n1cc(-c2ccnc3[nH]c(-c4ccc(CN5CCN(CCO)CC5)cc4)cc23)c(-c2ccc(NC(=O)N3CCCC3)cc2)n1. The highest BCUT2D eigenvalue weighted by atomic mass is 16.3. The minimum absolute atomic E-state index is 0.0366. The smallest absolute Gasteiger partial charge is 0.321 e. The molecular weight excluding hydrogens is 588 g/mol. The largest absolute Gasteiger partial charge is 0.395 e. The Bertz CT molecular complexity index is 1810. The van der Waals surface area contributed by atoms with E-state index >= 15 is 0 Å². The van der Waals surface area contributed by atoms with Crippen molar-refractivity contribution in [2.75, 3.05) is 57.7 Å². The second kappa shape index (κ2) is 13.7. The average Bonchev–Trinajstić information content (AvgIpc) is 3.87. The molecule has 0 radical (unpaired) electrons. The van der Waals surface area contributed by atoms with E-state index in [0.29, 0.717) is 0 Å². The molecule has 244 valence electrons. The van der Waals surface area contributed by atoms with Crippen LogP contribution in [-0.2, 0) is 6.54 Å². The quantitative estimate of drug-likeness (QED) is 0.182. The summed E-state index contributed by atoms with van der Waals surface area (Å²) in [6.45, 7) is 11.9. The monoisotopic (exact) mass is 632 g/mol. The fraction of sp³-hybridized carbons (Fsp3) is 0.378. The lowest BCUT2D eigenvalue weighted by Gasteiger charge is -2.34. The number of piperazine rings is 1. The number of carbonyl (C=O) groups excluding carboxylic acids is 1. The number of fused-ring (bicyclic) bond motifs is 1. The molecule has 5 heterocycles. The second-order valence-corrected chi connectivity index (χ2v) is 13.0. The number of likely N-dealkylation sites (tertiary alicyclic amines) is 1. The Morgan fingerprint density at radius 1 is 0.894 bits per heavy atom. The van der Waals surface area contributed by atoms with Gasteiger partial charge in [0.15, 0.2) is 0 Å². The molecule has 3 aromatic heterocycles. The van der Waals surface area contributed by atoms with Crippen LogP contribution in [-0.4, -0.2) is 98.0 Å². The Balaban J connectivity index is 1.13. The van der Waals surface area contributed by atoms with Crippen LogP contribution < -0.4 is 5.32 Å². The zero-order valence-corrected chi connectivity index (χ0v) is 27.3. The highest BCUT2D eigenvalue weighted by Gasteiger charge is 2.21. The third-order valence-electron chi connectivity index (χ3n) is 9.44. The van der Waals surface area contributed by atoms with Crippen LogP contribution in [0.1, 0.15) is 38.3 Å². The summed E-state index contributed by atoms with van der Waals surface area (Å²) in [7, 11) is 0. The topological polar surface area (TPSA) is 106 Å². The van der Waals surface area contributed by atoms with Crippen LogP contribution in [0.3, 0.4) is 0 Å². The van der Waals surface area contributed by atoms with Crippen LogP contribution in [0, 0.1) is 0 Å². The van der Waals surface area contributed by atoms with Crippen LogP contribution in [0.4, 0.5) is 10.5 Å². The fourth-order valence-electron chi connectivity index (χ4n) is 6.68. The van der Waals surface area contributed by atoms with Gasteiger partial charge in [-0.15, -0.1) is 0 Å². The van der Waals surface area contributed by atoms with Crippen LogP contribution in [0.25, 0.3) is 44.7 Å². The third kappa shape index (κ3) is 6.81. The van der Waals surface area contributed by atoms with Crippen molar-refractivity contribution in [3.63, 3.8) is 0 Å². The number of rotatable bonds is 9. The van der Waals surface area contributed by atoms with Gasteiger partial charge in [0.05, 0.1) is 6.61 Å². The molecule has 2 aliphatic heterocycles. The van der Waals surface area contributed by atoms with Crippen LogP contribution in [0.15, 0.2) is 73.1 Å². The third-order valence-corrected chi connectivity index (χ3v) is 9.44. The normalized spacial score (nSPS) is 16.0. The van der Waals surface area contributed by atoms with Crippen molar-refractivity contribution in [1.29, 1.82) is 0 Å². The minimum atomic E-state index is -0.0366. The van der Waals surface area contributed by atoms with Crippen LogP contribution >= 0.6 is 0 Å². The van der Waals surface area contributed by atoms with E-state index in [1.165, 1.54) is 5.56 Å². The van der Waals surface area contributed by atoms with Crippen molar-refractivity contribution >= 4 is 22.8 Å². The summed E-state index contributed by atoms with van der Waals surface area (Å²) in [4.78, 5) is 27.5. The van der Waals surface area contributed by atoms with Gasteiger partial charge in [0.25, 0.3) is 0 Å². The molecule has 2 saturated heterocycles. The molecule has 10 nitrogen and oxygen atoms in total. The molecule has 0 atom stereocenters. The molecule has 10 heteroatoms. The highest BCUT2D eigenvalue weighted by Crippen LogP contribution is 2.37. The number of aromatic amines is 1. The Labute approximate surface area is 276 Å². The molecular formula is C37H44N8O2. The fourth-order valence-corrected chi connectivity index (χ4v) is 6.68. The molecule has 7 rings (SSSR count). The lowest BCUT2D eigenvalue weighted by Crippen LogP contribution is -2.46. The molecule has 0 spiro atoms. The van der Waals surface area contributed by atoms with Gasteiger partial charge in [-0.05, 0) is 67.6 Å². The zero-order chi connectivity index (χ0) is 32.3. The maximum absolute atomic E-state index is 12.6. The number of amides is 2. The second-order valence-electron chi connectivity index (χ2n) is 13.0. The number of urea groups is 1. The van der Waals surface area contributed by atoms with Gasteiger partial charge >= 0.3 is 6.03 Å². The van der Waals surface area contributed by atoms with E-state index in [2.05, 4.69) is 76.5 Å². The Morgan fingerprint density at radius 3 is 2.30 bits per heavy atom. The number of nitrogens with zero attached hydrogens (tertiary/aromatic N) is 6. The maximum Gasteiger partial charge on any atom is 0.321 e. The molecule has 0 bridgehead atoms. The summed E-state index contributed by atoms with van der Waals surface area (Å²) in [6, 6.07) is 21.2. The van der Waals surface area contributed by atoms with Crippen molar-refractivity contribution in [1.82, 2.24) is 34.4 Å². The number of hydrogen-bond acceptors (Lipinski definition) is 6. The van der Waals surface area contributed by atoms with Gasteiger partial charge in [-0.25, -0.2) is 9.78 Å². The molecule has 47 heavy (non-hydrogen) atoms. The molecule has 2 aromatic carbocycles. The number of nitrogens with one attached hydrogen (secondary N) is 2. The number of aliphatic hydroxyl groups excluding tert-OH is 1. The van der Waals surface area contributed by atoms with E-state index < -0.39 is 0 Å². The average molecular weight is 633 g/mol. The summed E-state index contributed by atoms with van der Waals surface area (Å²) < 4.78 is 2.01. The number of H-pyrrole nitrogens is 1. The number of β-amino-alcohol motifs (C(OH)–C–C–N with tert-alkyl or cyclic N) is 1. The van der Waals surface area contributed by atoms with Crippen molar-refractivity contribution in [3.05, 3.63) is 78.6 Å². The Morgan fingerprint density at radius 2 is 1.60 bits per heavy atom.